The molecule has 0 amide bonds. The Labute approximate surface area is 113 Å². The van der Waals surface area contributed by atoms with Crippen LogP contribution in [-0.4, -0.2) is 0 Å². The Kier molecular flexibility index (Phi) is 2.97. The lowest BCUT2D eigenvalue weighted by atomic mass is 9.92. The number of rotatable bonds is 1. The van der Waals surface area contributed by atoms with E-state index in [1.54, 1.807) is 0 Å². The number of hydrogen-bond acceptors (Lipinski definition) is 0. The summed E-state index contributed by atoms with van der Waals surface area (Å²) in [4.78, 5) is 0. The normalized spacial score (nSPS) is 13.7. The van der Waals surface area contributed by atoms with Crippen molar-refractivity contribution in [1.82, 2.24) is 0 Å². The molecular formula is C17H15Cl. The summed E-state index contributed by atoms with van der Waals surface area (Å²) in [5.74, 6) is 0.546. The molecule has 0 spiro atoms. The standard InChI is InChI=1S/C17H15Cl/c1-12-16-8-3-2-5-13(16)9-10-14-6-4-7-15(11-18)17(12)14/h2-8H,1,9-11H2. The number of aryl methyl sites for hydroxylation is 2. The Morgan fingerprint density at radius 3 is 2.50 bits per heavy atom. The third-order valence-corrected chi connectivity index (χ3v) is 3.98. The first-order valence-electron chi connectivity index (χ1n) is 6.25. The molecule has 0 nitrogen and oxygen atoms in total. The first-order chi connectivity index (χ1) is 8.81. The first-order valence-corrected chi connectivity index (χ1v) is 6.79. The van der Waals surface area contributed by atoms with Crippen LogP contribution in [0.1, 0.15) is 27.8 Å². The van der Waals surface area contributed by atoms with Crippen molar-refractivity contribution in [3.05, 3.63) is 76.9 Å². The number of fused-ring (bicyclic) bond motifs is 2. The number of benzene rings is 2. The lowest BCUT2D eigenvalue weighted by molar-refractivity contribution is 0.962. The Hall–Kier alpha value is -1.53. The SMILES string of the molecule is C=C1c2ccccc2CCc2cccc(CCl)c21. The number of halogens is 1. The Morgan fingerprint density at radius 1 is 0.944 bits per heavy atom. The number of alkyl halides is 1. The van der Waals surface area contributed by atoms with Gasteiger partial charge in [-0.1, -0.05) is 49.0 Å². The molecule has 1 heteroatoms. The maximum Gasteiger partial charge on any atom is 0.0480 e. The van der Waals surface area contributed by atoms with Crippen LogP contribution in [0.3, 0.4) is 0 Å². The van der Waals surface area contributed by atoms with Crippen molar-refractivity contribution in [1.29, 1.82) is 0 Å². The van der Waals surface area contributed by atoms with Crippen LogP contribution in [0.5, 0.6) is 0 Å². The van der Waals surface area contributed by atoms with Gasteiger partial charge in [0.2, 0.25) is 0 Å². The summed E-state index contributed by atoms with van der Waals surface area (Å²) in [5.41, 5.74) is 7.60. The minimum Gasteiger partial charge on any atom is -0.122 e. The van der Waals surface area contributed by atoms with Crippen molar-refractivity contribution in [3.63, 3.8) is 0 Å². The smallest absolute Gasteiger partial charge is 0.0480 e. The zero-order valence-electron chi connectivity index (χ0n) is 10.2. The highest BCUT2D eigenvalue weighted by molar-refractivity contribution is 6.17. The molecule has 90 valence electrons. The van der Waals surface area contributed by atoms with Crippen molar-refractivity contribution in [3.8, 4) is 0 Å². The van der Waals surface area contributed by atoms with E-state index < -0.39 is 0 Å². The molecule has 0 radical (unpaired) electrons. The third kappa shape index (κ3) is 1.77. The van der Waals surface area contributed by atoms with E-state index in [1.807, 2.05) is 0 Å². The van der Waals surface area contributed by atoms with E-state index in [1.165, 1.54) is 27.8 Å². The van der Waals surface area contributed by atoms with Gasteiger partial charge in [0.15, 0.2) is 0 Å². The monoisotopic (exact) mass is 254 g/mol. The van der Waals surface area contributed by atoms with Gasteiger partial charge in [0.1, 0.15) is 0 Å². The largest absolute Gasteiger partial charge is 0.122 e. The van der Waals surface area contributed by atoms with Crippen molar-refractivity contribution in [2.45, 2.75) is 18.7 Å². The average molecular weight is 255 g/mol. The van der Waals surface area contributed by atoms with Gasteiger partial charge in [-0.05, 0) is 46.2 Å². The second-order valence-electron chi connectivity index (χ2n) is 4.72. The van der Waals surface area contributed by atoms with Crippen LogP contribution >= 0.6 is 11.6 Å². The van der Waals surface area contributed by atoms with Gasteiger partial charge in [-0.3, -0.25) is 0 Å². The molecule has 0 aliphatic heterocycles. The number of hydrogen-bond donors (Lipinski definition) is 0. The zero-order chi connectivity index (χ0) is 12.5. The van der Waals surface area contributed by atoms with Gasteiger partial charge in [-0.25, -0.2) is 0 Å². The van der Waals surface area contributed by atoms with E-state index in [0.717, 1.165) is 18.4 Å². The molecule has 0 bridgehead atoms. The van der Waals surface area contributed by atoms with Crippen LogP contribution in [0.25, 0.3) is 5.57 Å². The lowest BCUT2D eigenvalue weighted by Gasteiger charge is -2.13. The molecule has 3 rings (SSSR count). The fourth-order valence-electron chi connectivity index (χ4n) is 2.80. The summed E-state index contributed by atoms with van der Waals surface area (Å²) >= 11 is 6.07. The third-order valence-electron chi connectivity index (χ3n) is 3.69. The van der Waals surface area contributed by atoms with E-state index in [-0.39, 0.29) is 0 Å². The highest BCUT2D eigenvalue weighted by atomic mass is 35.5. The highest BCUT2D eigenvalue weighted by Gasteiger charge is 2.18. The molecule has 0 aromatic heterocycles. The molecular weight excluding hydrogens is 240 g/mol. The topological polar surface area (TPSA) is 0 Å². The minimum atomic E-state index is 0.546. The Balaban J connectivity index is 2.24. The van der Waals surface area contributed by atoms with Gasteiger partial charge in [0, 0.05) is 5.88 Å². The molecule has 0 atom stereocenters. The molecule has 1 aliphatic rings. The molecule has 2 aromatic carbocycles. The van der Waals surface area contributed by atoms with Gasteiger partial charge >= 0.3 is 0 Å². The van der Waals surface area contributed by atoms with Crippen LogP contribution in [0.15, 0.2) is 49.0 Å². The molecule has 0 saturated carbocycles. The second kappa shape index (κ2) is 4.62. The van der Waals surface area contributed by atoms with E-state index >= 15 is 0 Å². The quantitative estimate of drug-likeness (QED) is 0.653. The van der Waals surface area contributed by atoms with Crippen LogP contribution < -0.4 is 0 Å². The summed E-state index contributed by atoms with van der Waals surface area (Å²) in [6.45, 7) is 4.31. The summed E-state index contributed by atoms with van der Waals surface area (Å²) in [5, 5.41) is 0. The average Bonchev–Trinajstić information content (AvgIpc) is 2.57. The molecule has 0 saturated heterocycles. The molecule has 0 fully saturated rings. The fraction of sp³-hybridized carbons (Fsp3) is 0.176. The highest BCUT2D eigenvalue weighted by Crippen LogP contribution is 2.34. The summed E-state index contributed by atoms with van der Waals surface area (Å²) in [6, 6.07) is 14.9. The second-order valence-corrected chi connectivity index (χ2v) is 4.99. The van der Waals surface area contributed by atoms with Crippen LogP contribution in [0.4, 0.5) is 0 Å². The molecule has 0 heterocycles. The predicted octanol–water partition coefficient (Wildman–Crippen LogP) is 4.59. The summed E-state index contributed by atoms with van der Waals surface area (Å²) < 4.78 is 0. The van der Waals surface area contributed by atoms with Gasteiger partial charge < -0.3 is 0 Å². The minimum absolute atomic E-state index is 0.546. The first kappa shape index (κ1) is 11.6. The molecule has 0 unspecified atom stereocenters. The van der Waals surface area contributed by atoms with E-state index in [0.29, 0.717) is 5.88 Å². The van der Waals surface area contributed by atoms with Crippen molar-refractivity contribution < 1.29 is 0 Å². The Bertz CT molecular complexity index is 611. The summed E-state index contributed by atoms with van der Waals surface area (Å²) in [6.07, 6.45) is 2.14. The maximum absolute atomic E-state index is 6.07. The molecule has 0 N–H and O–H groups in total. The van der Waals surface area contributed by atoms with Crippen molar-refractivity contribution >= 4 is 17.2 Å². The maximum atomic E-state index is 6.07. The van der Waals surface area contributed by atoms with Gasteiger partial charge in [-0.2, -0.15) is 0 Å². The fourth-order valence-corrected chi connectivity index (χ4v) is 3.02. The lowest BCUT2D eigenvalue weighted by Crippen LogP contribution is -1.96. The summed E-state index contributed by atoms with van der Waals surface area (Å²) in [7, 11) is 0. The van der Waals surface area contributed by atoms with Crippen LogP contribution in [-0.2, 0) is 18.7 Å². The predicted molar refractivity (Wildman–Crippen MR) is 78.0 cm³/mol. The Morgan fingerprint density at radius 2 is 1.67 bits per heavy atom. The molecule has 2 aromatic rings. The van der Waals surface area contributed by atoms with Gasteiger partial charge in [0.25, 0.3) is 0 Å². The van der Waals surface area contributed by atoms with E-state index in [2.05, 4.69) is 49.0 Å². The molecule has 18 heavy (non-hydrogen) atoms. The zero-order valence-corrected chi connectivity index (χ0v) is 11.0. The van der Waals surface area contributed by atoms with Gasteiger partial charge in [-0.15, -0.1) is 11.6 Å². The van der Waals surface area contributed by atoms with E-state index in [4.69, 9.17) is 11.6 Å². The van der Waals surface area contributed by atoms with Gasteiger partial charge in [0.05, 0.1) is 0 Å². The van der Waals surface area contributed by atoms with Crippen molar-refractivity contribution in [2.24, 2.45) is 0 Å². The van der Waals surface area contributed by atoms with Crippen molar-refractivity contribution in [2.75, 3.05) is 0 Å². The van der Waals surface area contributed by atoms with Crippen LogP contribution in [0, 0.1) is 0 Å². The van der Waals surface area contributed by atoms with E-state index in [9.17, 15) is 0 Å². The molecule has 1 aliphatic carbocycles. The van der Waals surface area contributed by atoms with Crippen LogP contribution in [0.2, 0.25) is 0 Å².